The van der Waals surface area contributed by atoms with Crippen LogP contribution in [0, 0.1) is 0 Å². The van der Waals surface area contributed by atoms with Gasteiger partial charge >= 0.3 is 5.97 Å². The number of carbonyl (C=O) groups excluding carboxylic acids is 1. The molecule has 6 N–H and O–H groups in total. The molecule has 0 spiro atoms. The fourth-order valence-electron chi connectivity index (χ4n) is 1.64. The van der Waals surface area contributed by atoms with Crippen molar-refractivity contribution in [1.82, 2.24) is 5.32 Å². The van der Waals surface area contributed by atoms with E-state index in [1.54, 1.807) is 12.1 Å². The van der Waals surface area contributed by atoms with Gasteiger partial charge in [-0.3, -0.25) is 4.79 Å². The first kappa shape index (κ1) is 15.9. The number of phenolic OH excluding ortho intramolecular Hbond substituents is 1. The second kappa shape index (κ2) is 7.46. The number of aliphatic carboxylic acids is 1. The van der Waals surface area contributed by atoms with Crippen LogP contribution in [0.4, 0.5) is 0 Å². The van der Waals surface area contributed by atoms with Crippen LogP contribution in [0.2, 0.25) is 0 Å². The van der Waals surface area contributed by atoms with Crippen LogP contribution in [0.15, 0.2) is 24.3 Å². The molecule has 7 heteroatoms. The number of carbonyl (C=O) groups is 2. The van der Waals surface area contributed by atoms with Crippen LogP contribution in [0.1, 0.15) is 12.0 Å². The van der Waals surface area contributed by atoms with E-state index in [4.69, 9.17) is 21.1 Å². The van der Waals surface area contributed by atoms with Crippen LogP contribution >= 0.6 is 0 Å². The predicted octanol–water partition coefficient (Wildman–Crippen LogP) is -0.786. The Hall–Kier alpha value is -2.12. The number of hydrogen-bond acceptors (Lipinski definition) is 5. The van der Waals surface area contributed by atoms with E-state index in [-0.39, 0.29) is 25.2 Å². The van der Waals surface area contributed by atoms with Crippen molar-refractivity contribution in [3.8, 4) is 5.75 Å². The third kappa shape index (κ3) is 4.87. The van der Waals surface area contributed by atoms with Crippen LogP contribution in [0.25, 0.3) is 0 Å². The van der Waals surface area contributed by atoms with Crippen molar-refractivity contribution in [1.29, 1.82) is 0 Å². The van der Waals surface area contributed by atoms with Crippen molar-refractivity contribution in [2.24, 2.45) is 5.73 Å². The molecule has 1 amide bonds. The lowest BCUT2D eigenvalue weighted by Gasteiger charge is -2.17. The van der Waals surface area contributed by atoms with E-state index in [0.717, 1.165) is 5.56 Å². The van der Waals surface area contributed by atoms with Gasteiger partial charge < -0.3 is 26.4 Å². The van der Waals surface area contributed by atoms with E-state index in [9.17, 15) is 9.59 Å². The molecule has 0 heterocycles. The number of hydrogen-bond donors (Lipinski definition) is 5. The number of aliphatic hydroxyl groups is 1. The second-order valence-corrected chi connectivity index (χ2v) is 4.39. The molecule has 0 saturated heterocycles. The van der Waals surface area contributed by atoms with Crippen LogP contribution in [0.5, 0.6) is 5.75 Å². The van der Waals surface area contributed by atoms with Gasteiger partial charge in [0.05, 0.1) is 6.04 Å². The standard InChI is InChI=1S/C13H18N2O5/c14-10(7-8-1-3-9(17)4-2-8)12(18)15-11(5-6-16)13(19)20/h1-4,10-11,16-17H,5-7,14H2,(H,15,18)(H,19,20). The van der Waals surface area contributed by atoms with Gasteiger partial charge in [0, 0.05) is 13.0 Å². The molecule has 1 aromatic carbocycles. The number of phenols is 1. The average molecular weight is 282 g/mol. The Morgan fingerprint density at radius 1 is 1.25 bits per heavy atom. The van der Waals surface area contributed by atoms with Crippen molar-refractivity contribution >= 4 is 11.9 Å². The zero-order valence-corrected chi connectivity index (χ0v) is 10.8. The van der Waals surface area contributed by atoms with E-state index >= 15 is 0 Å². The molecule has 7 nitrogen and oxygen atoms in total. The lowest BCUT2D eigenvalue weighted by molar-refractivity contribution is -0.142. The molecular formula is C13H18N2O5. The highest BCUT2D eigenvalue weighted by Gasteiger charge is 2.22. The number of aromatic hydroxyl groups is 1. The molecule has 1 rings (SSSR count). The van der Waals surface area contributed by atoms with E-state index < -0.39 is 24.0 Å². The SMILES string of the molecule is NC(Cc1ccc(O)cc1)C(=O)NC(CCO)C(=O)O. The molecule has 0 aliphatic carbocycles. The predicted molar refractivity (Wildman–Crippen MR) is 71.1 cm³/mol. The maximum Gasteiger partial charge on any atom is 0.326 e. The monoisotopic (exact) mass is 282 g/mol. The number of aliphatic hydroxyl groups excluding tert-OH is 1. The summed E-state index contributed by atoms with van der Waals surface area (Å²) in [5.74, 6) is -1.70. The summed E-state index contributed by atoms with van der Waals surface area (Å²) < 4.78 is 0. The van der Waals surface area contributed by atoms with Crippen molar-refractivity contribution < 1.29 is 24.9 Å². The van der Waals surface area contributed by atoms with Gasteiger partial charge in [0.15, 0.2) is 0 Å². The zero-order valence-electron chi connectivity index (χ0n) is 10.8. The smallest absolute Gasteiger partial charge is 0.326 e. The first-order valence-electron chi connectivity index (χ1n) is 6.11. The quantitative estimate of drug-likeness (QED) is 0.445. The van der Waals surface area contributed by atoms with E-state index in [1.165, 1.54) is 12.1 Å². The summed E-state index contributed by atoms with van der Waals surface area (Å²) in [6.07, 6.45) is 0.143. The second-order valence-electron chi connectivity index (χ2n) is 4.39. The molecule has 1 aromatic rings. The van der Waals surface area contributed by atoms with Gasteiger partial charge in [0.2, 0.25) is 5.91 Å². The Morgan fingerprint density at radius 2 is 1.85 bits per heavy atom. The molecule has 0 aliphatic rings. The summed E-state index contributed by atoms with van der Waals surface area (Å²) in [6.45, 7) is -0.343. The maximum atomic E-state index is 11.8. The summed E-state index contributed by atoms with van der Waals surface area (Å²) in [6, 6.07) is 4.16. The minimum atomic E-state index is -1.22. The topological polar surface area (TPSA) is 133 Å². The molecule has 0 aliphatic heterocycles. The Bertz CT molecular complexity index is 460. The number of benzene rings is 1. The van der Waals surface area contributed by atoms with Gasteiger partial charge in [-0.25, -0.2) is 4.79 Å². The fourth-order valence-corrected chi connectivity index (χ4v) is 1.64. The van der Waals surface area contributed by atoms with Gasteiger partial charge in [-0.2, -0.15) is 0 Å². The fraction of sp³-hybridized carbons (Fsp3) is 0.385. The Labute approximate surface area is 116 Å². The molecule has 0 aromatic heterocycles. The van der Waals surface area contributed by atoms with Crippen LogP contribution in [-0.4, -0.2) is 45.9 Å². The first-order valence-corrected chi connectivity index (χ1v) is 6.11. The van der Waals surface area contributed by atoms with Crippen LogP contribution in [0.3, 0.4) is 0 Å². The number of carboxylic acid groups (broad SMARTS) is 1. The third-order valence-electron chi connectivity index (χ3n) is 2.76. The summed E-state index contributed by atoms with van der Waals surface area (Å²) in [5, 5.41) is 29.0. The maximum absolute atomic E-state index is 11.8. The van der Waals surface area contributed by atoms with Crippen molar-refractivity contribution in [3.63, 3.8) is 0 Å². The number of carboxylic acids is 1. The molecular weight excluding hydrogens is 264 g/mol. The molecule has 2 atom stereocenters. The van der Waals surface area contributed by atoms with Crippen molar-refractivity contribution in [3.05, 3.63) is 29.8 Å². The highest BCUT2D eigenvalue weighted by Crippen LogP contribution is 2.11. The molecule has 0 saturated carbocycles. The lowest BCUT2D eigenvalue weighted by atomic mass is 10.1. The molecule has 0 bridgehead atoms. The van der Waals surface area contributed by atoms with Gasteiger partial charge in [-0.1, -0.05) is 12.1 Å². The number of nitrogens with two attached hydrogens (primary N) is 1. The molecule has 2 unspecified atom stereocenters. The lowest BCUT2D eigenvalue weighted by Crippen LogP contribution is -2.49. The van der Waals surface area contributed by atoms with Gasteiger partial charge in [-0.15, -0.1) is 0 Å². The molecule has 0 fully saturated rings. The van der Waals surface area contributed by atoms with Crippen LogP contribution in [-0.2, 0) is 16.0 Å². The number of amides is 1. The van der Waals surface area contributed by atoms with Gasteiger partial charge in [-0.05, 0) is 24.1 Å². The Morgan fingerprint density at radius 3 is 2.35 bits per heavy atom. The van der Waals surface area contributed by atoms with Crippen molar-refractivity contribution in [2.75, 3.05) is 6.61 Å². The normalized spacial score (nSPS) is 13.5. The van der Waals surface area contributed by atoms with E-state index in [0.29, 0.717) is 0 Å². The Balaban J connectivity index is 2.57. The van der Waals surface area contributed by atoms with Crippen molar-refractivity contribution in [2.45, 2.75) is 24.9 Å². The van der Waals surface area contributed by atoms with Gasteiger partial charge in [0.25, 0.3) is 0 Å². The van der Waals surface area contributed by atoms with Gasteiger partial charge in [0.1, 0.15) is 11.8 Å². The summed E-state index contributed by atoms with van der Waals surface area (Å²) in [7, 11) is 0. The minimum Gasteiger partial charge on any atom is -0.508 e. The zero-order chi connectivity index (χ0) is 15.1. The summed E-state index contributed by atoms with van der Waals surface area (Å²) in [4.78, 5) is 22.6. The number of nitrogens with one attached hydrogen (secondary N) is 1. The minimum absolute atomic E-state index is 0.0764. The molecule has 110 valence electrons. The average Bonchev–Trinajstić information content (AvgIpc) is 2.40. The largest absolute Gasteiger partial charge is 0.508 e. The van der Waals surface area contributed by atoms with E-state index in [2.05, 4.69) is 5.32 Å². The Kier molecular flexibility index (Phi) is 5.95. The highest BCUT2D eigenvalue weighted by atomic mass is 16.4. The highest BCUT2D eigenvalue weighted by molar-refractivity contribution is 5.86. The molecule has 0 radical (unpaired) electrons. The number of rotatable bonds is 7. The summed E-state index contributed by atoms with van der Waals surface area (Å²) >= 11 is 0. The molecule has 20 heavy (non-hydrogen) atoms. The summed E-state index contributed by atoms with van der Waals surface area (Å²) in [5.41, 5.74) is 6.45. The van der Waals surface area contributed by atoms with E-state index in [1.807, 2.05) is 0 Å². The first-order chi connectivity index (χ1) is 9.43. The third-order valence-corrected chi connectivity index (χ3v) is 2.76. The van der Waals surface area contributed by atoms with Crippen LogP contribution < -0.4 is 11.1 Å².